The minimum absolute atomic E-state index is 0.0863. The van der Waals surface area contributed by atoms with E-state index in [1.807, 2.05) is 6.92 Å². The maximum atomic E-state index is 12.4. The van der Waals surface area contributed by atoms with E-state index in [9.17, 15) is 18.0 Å². The minimum Gasteiger partial charge on any atom is -0.309 e. The molecule has 1 aromatic carbocycles. The summed E-state index contributed by atoms with van der Waals surface area (Å²) in [6, 6.07) is 6.89. The molecule has 25 heavy (non-hydrogen) atoms. The Bertz CT molecular complexity index is 966. The number of hydrogen-bond donors (Lipinski definition) is 1. The number of halogens is 4. The van der Waals surface area contributed by atoms with Gasteiger partial charge in [-0.1, -0.05) is 23.4 Å². The third-order valence-corrected chi connectivity index (χ3v) is 4.57. The maximum absolute atomic E-state index is 12.4. The van der Waals surface area contributed by atoms with Crippen molar-refractivity contribution >= 4 is 34.5 Å². The molecule has 3 rings (SSSR count). The Morgan fingerprint density at radius 3 is 2.52 bits per heavy atom. The topological polar surface area (TPSA) is 63.6 Å². The Balaban J connectivity index is 2.11. The van der Waals surface area contributed by atoms with Gasteiger partial charge in [-0.25, -0.2) is 9.97 Å². The van der Waals surface area contributed by atoms with Gasteiger partial charge in [-0.05, 0) is 31.2 Å². The summed E-state index contributed by atoms with van der Waals surface area (Å²) in [5.74, 6) is -0.628. The van der Waals surface area contributed by atoms with E-state index in [4.69, 9.17) is 11.6 Å². The average Bonchev–Trinajstić information content (AvgIpc) is 2.92. The lowest BCUT2D eigenvalue weighted by Gasteiger charge is -2.07. The second-order valence-corrected chi connectivity index (χ2v) is 6.53. The Morgan fingerprint density at radius 2 is 1.92 bits per heavy atom. The molecule has 0 unspecified atom stereocenters. The quantitative estimate of drug-likeness (QED) is 0.539. The van der Waals surface area contributed by atoms with Crippen LogP contribution in [-0.2, 0) is 6.54 Å². The fraction of sp³-hybridized carbons (Fsp3) is 0.267. The Hall–Kier alpha value is -2.00. The van der Waals surface area contributed by atoms with Crippen molar-refractivity contribution in [3.05, 3.63) is 39.6 Å². The van der Waals surface area contributed by atoms with Crippen LogP contribution < -0.4 is 5.56 Å². The number of H-pyrrole nitrogens is 1. The van der Waals surface area contributed by atoms with Gasteiger partial charge in [-0.3, -0.25) is 9.78 Å². The van der Waals surface area contributed by atoms with Crippen molar-refractivity contribution in [2.75, 3.05) is 5.75 Å². The average molecular weight is 389 g/mol. The van der Waals surface area contributed by atoms with Gasteiger partial charge in [-0.2, -0.15) is 13.2 Å². The third kappa shape index (κ3) is 3.82. The van der Waals surface area contributed by atoms with Crippen molar-refractivity contribution in [2.24, 2.45) is 0 Å². The molecule has 0 spiro atoms. The van der Waals surface area contributed by atoms with Gasteiger partial charge in [0, 0.05) is 17.1 Å². The summed E-state index contributed by atoms with van der Waals surface area (Å²) in [7, 11) is 0. The van der Waals surface area contributed by atoms with Crippen LogP contribution in [-0.4, -0.2) is 31.4 Å². The lowest BCUT2D eigenvalue weighted by molar-refractivity contribution is -0.105. The normalized spacial score (nSPS) is 12.0. The van der Waals surface area contributed by atoms with E-state index in [1.54, 1.807) is 28.8 Å². The van der Waals surface area contributed by atoms with E-state index >= 15 is 0 Å². The summed E-state index contributed by atoms with van der Waals surface area (Å²) in [4.78, 5) is 23.0. The first-order chi connectivity index (χ1) is 11.8. The molecule has 0 fully saturated rings. The van der Waals surface area contributed by atoms with Crippen LogP contribution in [0.2, 0.25) is 5.02 Å². The maximum Gasteiger partial charge on any atom is 0.398 e. The van der Waals surface area contributed by atoms with E-state index < -0.39 is 17.5 Å². The molecule has 0 aliphatic rings. The number of benzene rings is 1. The van der Waals surface area contributed by atoms with Gasteiger partial charge in [0.05, 0.1) is 5.75 Å². The molecule has 0 aliphatic heterocycles. The number of nitrogens with zero attached hydrogens (tertiary/aromatic N) is 3. The van der Waals surface area contributed by atoms with E-state index in [0.29, 0.717) is 29.2 Å². The van der Waals surface area contributed by atoms with Gasteiger partial charge >= 0.3 is 6.18 Å². The van der Waals surface area contributed by atoms with E-state index in [-0.39, 0.29) is 16.3 Å². The minimum atomic E-state index is -4.35. The highest BCUT2D eigenvalue weighted by Gasteiger charge is 2.28. The molecule has 0 bridgehead atoms. The highest BCUT2D eigenvalue weighted by atomic mass is 35.5. The standard InChI is InChI=1S/C15H12ClF3N4OS/c1-2-23-11(8-3-5-9(16)6-4-8)20-10-12(23)21-14(22-13(10)24)25-7-15(17,18)19/h3-6H,2,7H2,1H3,(H,21,22,24). The van der Waals surface area contributed by atoms with Crippen molar-refractivity contribution in [3.8, 4) is 11.4 Å². The lowest BCUT2D eigenvalue weighted by atomic mass is 10.2. The Morgan fingerprint density at radius 1 is 1.24 bits per heavy atom. The van der Waals surface area contributed by atoms with Gasteiger partial charge in [0.15, 0.2) is 16.3 Å². The summed E-state index contributed by atoms with van der Waals surface area (Å²) in [6.45, 7) is 2.29. The van der Waals surface area contributed by atoms with E-state index in [2.05, 4.69) is 15.0 Å². The molecule has 5 nitrogen and oxygen atoms in total. The Labute approximate surface area is 149 Å². The first kappa shape index (κ1) is 17.8. The van der Waals surface area contributed by atoms with Crippen molar-refractivity contribution in [2.45, 2.75) is 24.8 Å². The van der Waals surface area contributed by atoms with Crippen LogP contribution in [0.4, 0.5) is 13.2 Å². The Kier molecular flexibility index (Phi) is 4.79. The number of thioether (sulfide) groups is 1. The fourth-order valence-electron chi connectivity index (χ4n) is 2.33. The molecule has 0 atom stereocenters. The third-order valence-electron chi connectivity index (χ3n) is 3.38. The van der Waals surface area contributed by atoms with Gasteiger partial charge in [0.25, 0.3) is 5.56 Å². The van der Waals surface area contributed by atoms with E-state index in [0.717, 1.165) is 5.56 Å². The monoisotopic (exact) mass is 388 g/mol. The number of aromatic amines is 1. The number of fused-ring (bicyclic) bond motifs is 1. The molecule has 2 aromatic heterocycles. The molecule has 132 valence electrons. The summed E-state index contributed by atoms with van der Waals surface area (Å²) < 4.78 is 38.9. The van der Waals surface area contributed by atoms with Crippen LogP contribution in [0, 0.1) is 0 Å². The van der Waals surface area contributed by atoms with Crippen LogP contribution in [0.15, 0.2) is 34.2 Å². The highest BCUT2D eigenvalue weighted by Crippen LogP contribution is 2.27. The zero-order valence-corrected chi connectivity index (χ0v) is 14.5. The smallest absolute Gasteiger partial charge is 0.309 e. The second-order valence-electron chi connectivity index (χ2n) is 5.13. The molecule has 10 heteroatoms. The molecule has 0 saturated heterocycles. The molecular weight excluding hydrogens is 377 g/mol. The number of aromatic nitrogens is 4. The molecule has 0 aliphatic carbocycles. The molecule has 0 saturated carbocycles. The molecular formula is C15H12ClF3N4OS. The van der Waals surface area contributed by atoms with E-state index in [1.165, 1.54) is 0 Å². The van der Waals surface area contributed by atoms with Crippen LogP contribution in [0.5, 0.6) is 0 Å². The number of hydrogen-bond acceptors (Lipinski definition) is 4. The molecule has 2 heterocycles. The number of aryl methyl sites for hydroxylation is 1. The predicted octanol–water partition coefficient (Wildman–Crippen LogP) is 4.11. The van der Waals surface area contributed by atoms with Crippen LogP contribution in [0.3, 0.4) is 0 Å². The summed E-state index contributed by atoms with van der Waals surface area (Å²) in [5, 5.41) is 0.469. The van der Waals surface area contributed by atoms with Crippen LogP contribution >= 0.6 is 23.4 Å². The van der Waals surface area contributed by atoms with Gasteiger partial charge in [0.1, 0.15) is 5.82 Å². The summed E-state index contributed by atoms with van der Waals surface area (Å²) in [5.41, 5.74) is 0.495. The zero-order valence-electron chi connectivity index (χ0n) is 12.9. The molecule has 0 amide bonds. The molecule has 3 aromatic rings. The number of imidazole rings is 1. The number of alkyl halides is 3. The van der Waals surface area contributed by atoms with Gasteiger partial charge < -0.3 is 4.57 Å². The largest absolute Gasteiger partial charge is 0.398 e. The lowest BCUT2D eigenvalue weighted by Crippen LogP contribution is -2.14. The summed E-state index contributed by atoms with van der Waals surface area (Å²) >= 11 is 6.31. The number of rotatable bonds is 4. The van der Waals surface area contributed by atoms with Crippen LogP contribution in [0.1, 0.15) is 6.92 Å². The van der Waals surface area contributed by atoms with Crippen molar-refractivity contribution < 1.29 is 13.2 Å². The fourth-order valence-corrected chi connectivity index (χ4v) is 3.07. The zero-order chi connectivity index (χ0) is 18.2. The highest BCUT2D eigenvalue weighted by molar-refractivity contribution is 7.99. The second kappa shape index (κ2) is 6.72. The van der Waals surface area contributed by atoms with Crippen molar-refractivity contribution in [3.63, 3.8) is 0 Å². The SMILES string of the molecule is CCn1c(-c2ccc(Cl)cc2)nc2c(=O)[nH]c(SCC(F)(F)F)nc21. The predicted molar refractivity (Wildman–Crippen MR) is 91.0 cm³/mol. The molecule has 1 N–H and O–H groups in total. The first-order valence-electron chi connectivity index (χ1n) is 7.24. The van der Waals surface area contributed by atoms with Gasteiger partial charge in [0.2, 0.25) is 0 Å². The van der Waals surface area contributed by atoms with Crippen molar-refractivity contribution in [1.82, 2.24) is 19.5 Å². The van der Waals surface area contributed by atoms with Gasteiger partial charge in [-0.15, -0.1) is 0 Å². The summed E-state index contributed by atoms with van der Waals surface area (Å²) in [6.07, 6.45) is -4.35. The van der Waals surface area contributed by atoms with Crippen LogP contribution in [0.25, 0.3) is 22.6 Å². The molecule has 0 radical (unpaired) electrons. The number of nitrogens with one attached hydrogen (secondary N) is 1. The van der Waals surface area contributed by atoms with Crippen molar-refractivity contribution in [1.29, 1.82) is 0 Å². The first-order valence-corrected chi connectivity index (χ1v) is 8.61.